The van der Waals surface area contributed by atoms with E-state index in [2.05, 4.69) is 29.4 Å². The van der Waals surface area contributed by atoms with Crippen LogP contribution in [0, 0.1) is 0 Å². The zero-order valence-electron chi connectivity index (χ0n) is 15.6. The van der Waals surface area contributed by atoms with Crippen molar-refractivity contribution in [2.75, 3.05) is 11.9 Å². The molecule has 3 aromatic rings. The smallest absolute Gasteiger partial charge is 0.262 e. The maximum atomic E-state index is 12.1. The highest BCUT2D eigenvalue weighted by Gasteiger charge is 2.07. The minimum atomic E-state index is -0.237. The quantitative estimate of drug-likeness (QED) is 0.526. The molecule has 3 aromatic carbocycles. The van der Waals surface area contributed by atoms with Crippen LogP contribution in [0.5, 0.6) is 5.75 Å². The summed E-state index contributed by atoms with van der Waals surface area (Å²) in [6.07, 6.45) is 2.68. The van der Waals surface area contributed by atoms with E-state index in [9.17, 15) is 4.79 Å². The van der Waals surface area contributed by atoms with Gasteiger partial charge in [-0.05, 0) is 54.4 Å². The standard InChI is InChI=1S/C23H21ClN2O2/c1-2-17-8-11-20(12-9-17)25-15-18-14-19(24)10-13-22(18)28-16-23(27)26-21-6-4-3-5-7-21/h3-15H,2,16H2,1H3,(H,26,27). The van der Waals surface area contributed by atoms with Gasteiger partial charge < -0.3 is 10.1 Å². The van der Waals surface area contributed by atoms with Crippen LogP contribution in [-0.2, 0) is 11.2 Å². The molecule has 0 aliphatic carbocycles. The Morgan fingerprint density at radius 3 is 2.54 bits per heavy atom. The van der Waals surface area contributed by atoms with E-state index in [0.29, 0.717) is 16.3 Å². The van der Waals surface area contributed by atoms with Gasteiger partial charge in [-0.1, -0.05) is 48.9 Å². The van der Waals surface area contributed by atoms with Gasteiger partial charge in [0.25, 0.3) is 5.91 Å². The predicted molar refractivity (Wildman–Crippen MR) is 115 cm³/mol. The summed E-state index contributed by atoms with van der Waals surface area (Å²) in [6, 6.07) is 22.5. The van der Waals surface area contributed by atoms with Gasteiger partial charge in [0.2, 0.25) is 0 Å². The Balaban J connectivity index is 1.67. The third-order valence-electron chi connectivity index (χ3n) is 4.09. The van der Waals surface area contributed by atoms with Gasteiger partial charge in [0, 0.05) is 22.5 Å². The van der Waals surface area contributed by atoms with Crippen LogP contribution in [0.2, 0.25) is 5.02 Å². The molecule has 0 aliphatic heterocycles. The molecule has 0 saturated heterocycles. The van der Waals surface area contributed by atoms with Crippen LogP contribution in [0.25, 0.3) is 0 Å². The topological polar surface area (TPSA) is 50.7 Å². The largest absolute Gasteiger partial charge is 0.483 e. The molecule has 1 amide bonds. The van der Waals surface area contributed by atoms with E-state index in [0.717, 1.165) is 17.8 Å². The summed E-state index contributed by atoms with van der Waals surface area (Å²) >= 11 is 6.11. The van der Waals surface area contributed by atoms with Crippen molar-refractivity contribution < 1.29 is 9.53 Å². The summed E-state index contributed by atoms with van der Waals surface area (Å²) in [6.45, 7) is 2.00. The highest BCUT2D eigenvalue weighted by atomic mass is 35.5. The lowest BCUT2D eigenvalue weighted by Gasteiger charge is -2.10. The lowest BCUT2D eigenvalue weighted by Crippen LogP contribution is -2.20. The fourth-order valence-corrected chi connectivity index (χ4v) is 2.76. The fraction of sp³-hybridized carbons (Fsp3) is 0.130. The molecular weight excluding hydrogens is 372 g/mol. The van der Waals surface area contributed by atoms with Crippen LogP contribution in [0.1, 0.15) is 18.1 Å². The van der Waals surface area contributed by atoms with Gasteiger partial charge in [-0.15, -0.1) is 0 Å². The maximum Gasteiger partial charge on any atom is 0.262 e. The van der Waals surface area contributed by atoms with Crippen molar-refractivity contribution in [2.45, 2.75) is 13.3 Å². The van der Waals surface area contributed by atoms with Gasteiger partial charge in [0.15, 0.2) is 6.61 Å². The van der Waals surface area contributed by atoms with Crippen LogP contribution in [0.15, 0.2) is 77.8 Å². The highest BCUT2D eigenvalue weighted by Crippen LogP contribution is 2.23. The van der Waals surface area contributed by atoms with E-state index >= 15 is 0 Å². The number of benzene rings is 3. The van der Waals surface area contributed by atoms with E-state index in [1.165, 1.54) is 5.56 Å². The van der Waals surface area contributed by atoms with Gasteiger partial charge in [0.05, 0.1) is 5.69 Å². The van der Waals surface area contributed by atoms with E-state index in [1.807, 2.05) is 42.5 Å². The van der Waals surface area contributed by atoms with Gasteiger partial charge in [-0.3, -0.25) is 9.79 Å². The third kappa shape index (κ3) is 5.69. The first-order valence-electron chi connectivity index (χ1n) is 9.04. The molecule has 0 aromatic heterocycles. The normalized spacial score (nSPS) is 10.8. The Bertz CT molecular complexity index is 954. The monoisotopic (exact) mass is 392 g/mol. The first kappa shape index (κ1) is 19.6. The van der Waals surface area contributed by atoms with E-state index < -0.39 is 0 Å². The molecule has 0 spiro atoms. The minimum Gasteiger partial charge on any atom is -0.483 e. The zero-order valence-corrected chi connectivity index (χ0v) is 16.3. The van der Waals surface area contributed by atoms with Gasteiger partial charge in [-0.25, -0.2) is 0 Å². The van der Waals surface area contributed by atoms with E-state index in [1.54, 1.807) is 24.4 Å². The predicted octanol–water partition coefficient (Wildman–Crippen LogP) is 5.67. The number of halogens is 1. The molecular formula is C23H21ClN2O2. The van der Waals surface area contributed by atoms with Crippen molar-refractivity contribution in [3.05, 3.63) is 88.9 Å². The van der Waals surface area contributed by atoms with Gasteiger partial charge >= 0.3 is 0 Å². The van der Waals surface area contributed by atoms with Crippen molar-refractivity contribution in [3.63, 3.8) is 0 Å². The Morgan fingerprint density at radius 2 is 1.82 bits per heavy atom. The molecule has 4 nitrogen and oxygen atoms in total. The molecule has 0 heterocycles. The number of ether oxygens (including phenoxy) is 1. The summed E-state index contributed by atoms with van der Waals surface area (Å²) in [5, 5.41) is 3.36. The third-order valence-corrected chi connectivity index (χ3v) is 4.32. The van der Waals surface area contributed by atoms with Crippen LogP contribution < -0.4 is 10.1 Å². The number of nitrogens with one attached hydrogen (secondary N) is 1. The molecule has 1 N–H and O–H groups in total. The molecule has 0 fully saturated rings. The number of aryl methyl sites for hydroxylation is 1. The Hall–Kier alpha value is -3.11. The van der Waals surface area contributed by atoms with Gasteiger partial charge in [0.1, 0.15) is 5.75 Å². The molecule has 0 bridgehead atoms. The summed E-state index contributed by atoms with van der Waals surface area (Å²) in [7, 11) is 0. The van der Waals surface area contributed by atoms with Crippen LogP contribution in [-0.4, -0.2) is 18.7 Å². The molecule has 0 radical (unpaired) electrons. The first-order valence-corrected chi connectivity index (χ1v) is 9.42. The lowest BCUT2D eigenvalue weighted by molar-refractivity contribution is -0.118. The molecule has 5 heteroatoms. The molecule has 0 unspecified atom stereocenters. The number of anilines is 1. The molecule has 28 heavy (non-hydrogen) atoms. The second-order valence-corrected chi connectivity index (χ2v) is 6.60. The minimum absolute atomic E-state index is 0.109. The van der Waals surface area contributed by atoms with E-state index in [-0.39, 0.29) is 12.5 Å². The van der Waals surface area contributed by atoms with E-state index in [4.69, 9.17) is 16.3 Å². The van der Waals surface area contributed by atoms with Crippen molar-refractivity contribution in [3.8, 4) is 5.75 Å². The number of rotatable bonds is 7. The summed E-state index contributed by atoms with van der Waals surface area (Å²) in [5.74, 6) is 0.306. The second kappa shape index (κ2) is 9.72. The lowest BCUT2D eigenvalue weighted by atomic mass is 10.1. The Kier molecular flexibility index (Phi) is 6.82. The fourth-order valence-electron chi connectivity index (χ4n) is 2.58. The number of aliphatic imine (C=N–C) groups is 1. The molecule has 3 rings (SSSR count). The number of para-hydroxylation sites is 1. The van der Waals surface area contributed by atoms with Crippen molar-refractivity contribution in [2.24, 2.45) is 4.99 Å². The van der Waals surface area contributed by atoms with Crippen molar-refractivity contribution >= 4 is 35.1 Å². The van der Waals surface area contributed by atoms with Crippen LogP contribution in [0.3, 0.4) is 0 Å². The number of carbonyl (C=O) groups is 1. The molecule has 0 aliphatic rings. The summed E-state index contributed by atoms with van der Waals surface area (Å²) in [4.78, 5) is 16.6. The summed E-state index contributed by atoms with van der Waals surface area (Å²) in [5.41, 5.74) is 3.53. The second-order valence-electron chi connectivity index (χ2n) is 6.16. The highest BCUT2D eigenvalue weighted by molar-refractivity contribution is 6.30. The van der Waals surface area contributed by atoms with Crippen molar-refractivity contribution in [1.82, 2.24) is 0 Å². The average molecular weight is 393 g/mol. The zero-order chi connectivity index (χ0) is 19.8. The Labute approximate surface area is 169 Å². The van der Waals surface area contributed by atoms with Crippen LogP contribution in [0.4, 0.5) is 11.4 Å². The Morgan fingerprint density at radius 1 is 1.07 bits per heavy atom. The number of hydrogen-bond donors (Lipinski definition) is 1. The number of hydrogen-bond acceptors (Lipinski definition) is 3. The maximum absolute atomic E-state index is 12.1. The first-order chi connectivity index (χ1) is 13.6. The molecule has 0 saturated carbocycles. The number of carbonyl (C=O) groups excluding carboxylic acids is 1. The van der Waals surface area contributed by atoms with Crippen LogP contribution >= 0.6 is 11.6 Å². The number of amides is 1. The molecule has 0 atom stereocenters. The SMILES string of the molecule is CCc1ccc(N=Cc2cc(Cl)ccc2OCC(=O)Nc2ccccc2)cc1. The average Bonchev–Trinajstić information content (AvgIpc) is 2.72. The van der Waals surface area contributed by atoms with Crippen molar-refractivity contribution in [1.29, 1.82) is 0 Å². The number of nitrogens with zero attached hydrogens (tertiary/aromatic N) is 1. The van der Waals surface area contributed by atoms with Gasteiger partial charge in [-0.2, -0.15) is 0 Å². The molecule has 142 valence electrons. The summed E-state index contributed by atoms with van der Waals surface area (Å²) < 4.78 is 5.69.